The molecule has 24 heavy (non-hydrogen) atoms. The highest BCUT2D eigenvalue weighted by Gasteiger charge is 2.25. The lowest BCUT2D eigenvalue weighted by molar-refractivity contribution is 0.427. The molecule has 0 amide bonds. The molecule has 1 aromatic carbocycles. The SMILES string of the molecule is O=S(=O)(Cc1ccccn1)NC(CC1CCCC1)c1ccccc1. The van der Waals surface area contributed by atoms with Crippen molar-refractivity contribution in [1.82, 2.24) is 9.71 Å². The van der Waals surface area contributed by atoms with Crippen molar-refractivity contribution >= 4 is 10.0 Å². The predicted octanol–water partition coefficient (Wildman–Crippen LogP) is 3.82. The summed E-state index contributed by atoms with van der Waals surface area (Å²) in [6, 6.07) is 15.1. The number of sulfonamides is 1. The van der Waals surface area contributed by atoms with Crippen molar-refractivity contribution in [2.24, 2.45) is 5.92 Å². The summed E-state index contributed by atoms with van der Waals surface area (Å²) in [6.45, 7) is 0. The lowest BCUT2D eigenvalue weighted by atomic mass is 9.94. The molecule has 1 atom stereocenters. The lowest BCUT2D eigenvalue weighted by Crippen LogP contribution is -2.31. The first-order valence-electron chi connectivity index (χ1n) is 8.57. The summed E-state index contributed by atoms with van der Waals surface area (Å²) in [5.41, 5.74) is 1.60. The zero-order valence-corrected chi connectivity index (χ0v) is 14.6. The minimum absolute atomic E-state index is 0.0815. The van der Waals surface area contributed by atoms with Crippen molar-refractivity contribution in [2.75, 3.05) is 0 Å². The van der Waals surface area contributed by atoms with Gasteiger partial charge in [-0.2, -0.15) is 0 Å². The average molecular weight is 344 g/mol. The second-order valence-electron chi connectivity index (χ2n) is 6.55. The average Bonchev–Trinajstić information content (AvgIpc) is 3.08. The molecule has 0 saturated heterocycles. The van der Waals surface area contributed by atoms with Gasteiger partial charge in [-0.05, 0) is 30.0 Å². The summed E-state index contributed by atoms with van der Waals surface area (Å²) in [6.07, 6.45) is 7.40. The number of pyridine rings is 1. The first-order valence-corrected chi connectivity index (χ1v) is 10.2. The summed E-state index contributed by atoms with van der Waals surface area (Å²) in [5, 5.41) is 0. The standard InChI is InChI=1S/C19H24N2O2S/c22-24(23,15-18-12-6-7-13-20-18)21-19(14-16-8-4-5-9-16)17-10-2-1-3-11-17/h1-3,6-7,10-13,16,19,21H,4-5,8-9,14-15H2. The second-order valence-corrected chi connectivity index (χ2v) is 8.30. The Labute approximate surface area is 144 Å². The van der Waals surface area contributed by atoms with Gasteiger partial charge >= 0.3 is 0 Å². The van der Waals surface area contributed by atoms with Crippen LogP contribution in [-0.4, -0.2) is 13.4 Å². The monoisotopic (exact) mass is 344 g/mol. The zero-order chi connectivity index (χ0) is 16.8. The molecule has 0 aliphatic heterocycles. The normalized spacial score (nSPS) is 17.0. The van der Waals surface area contributed by atoms with Crippen molar-refractivity contribution < 1.29 is 8.42 Å². The number of rotatable bonds is 7. The molecule has 1 unspecified atom stereocenters. The van der Waals surface area contributed by atoms with Crippen molar-refractivity contribution in [1.29, 1.82) is 0 Å². The van der Waals surface area contributed by atoms with Gasteiger partial charge in [-0.3, -0.25) is 4.98 Å². The molecular formula is C19H24N2O2S. The van der Waals surface area contributed by atoms with Crippen molar-refractivity contribution in [3.05, 3.63) is 66.0 Å². The van der Waals surface area contributed by atoms with Crippen LogP contribution in [0.2, 0.25) is 0 Å². The van der Waals surface area contributed by atoms with Gasteiger partial charge in [-0.1, -0.05) is 62.1 Å². The molecule has 1 aliphatic carbocycles. The van der Waals surface area contributed by atoms with Crippen LogP contribution in [0.5, 0.6) is 0 Å². The van der Waals surface area contributed by atoms with Crippen LogP contribution < -0.4 is 4.72 Å². The van der Waals surface area contributed by atoms with E-state index >= 15 is 0 Å². The molecule has 1 saturated carbocycles. The molecule has 2 aromatic rings. The maximum absolute atomic E-state index is 12.6. The van der Waals surface area contributed by atoms with Crippen LogP contribution in [0, 0.1) is 5.92 Å². The molecule has 5 heteroatoms. The molecule has 4 nitrogen and oxygen atoms in total. The minimum atomic E-state index is -3.44. The van der Waals surface area contributed by atoms with Crippen molar-refractivity contribution in [3.8, 4) is 0 Å². The van der Waals surface area contributed by atoms with E-state index in [1.807, 2.05) is 36.4 Å². The van der Waals surface area contributed by atoms with Crippen molar-refractivity contribution in [2.45, 2.75) is 43.9 Å². The van der Waals surface area contributed by atoms with Crippen LogP contribution in [0.25, 0.3) is 0 Å². The molecule has 0 radical (unpaired) electrons. The van der Waals surface area contributed by atoms with E-state index in [0.717, 1.165) is 12.0 Å². The van der Waals surface area contributed by atoms with Gasteiger partial charge in [0.2, 0.25) is 10.0 Å². The molecule has 1 aromatic heterocycles. The first kappa shape index (κ1) is 17.1. The first-order chi connectivity index (χ1) is 11.6. The minimum Gasteiger partial charge on any atom is -0.260 e. The van der Waals surface area contributed by atoms with E-state index in [1.165, 1.54) is 25.7 Å². The number of aromatic nitrogens is 1. The van der Waals surface area contributed by atoms with E-state index in [0.29, 0.717) is 11.6 Å². The molecular weight excluding hydrogens is 320 g/mol. The van der Waals surface area contributed by atoms with Gasteiger partial charge in [0.25, 0.3) is 0 Å². The smallest absolute Gasteiger partial charge is 0.217 e. The van der Waals surface area contributed by atoms with Gasteiger partial charge in [-0.25, -0.2) is 13.1 Å². The molecule has 3 rings (SSSR count). The van der Waals surface area contributed by atoms with E-state index in [4.69, 9.17) is 0 Å². The number of nitrogens with one attached hydrogen (secondary N) is 1. The van der Waals surface area contributed by atoms with Gasteiger partial charge < -0.3 is 0 Å². The van der Waals surface area contributed by atoms with E-state index < -0.39 is 10.0 Å². The Morgan fingerprint density at radius 2 is 1.75 bits per heavy atom. The molecule has 128 valence electrons. The van der Waals surface area contributed by atoms with Crippen LogP contribution in [0.4, 0.5) is 0 Å². The van der Waals surface area contributed by atoms with Crippen molar-refractivity contribution in [3.63, 3.8) is 0 Å². The Bertz CT molecular complexity index is 726. The Morgan fingerprint density at radius 3 is 2.42 bits per heavy atom. The van der Waals surface area contributed by atoms with E-state index in [2.05, 4.69) is 9.71 Å². The van der Waals surface area contributed by atoms with Gasteiger partial charge in [0.1, 0.15) is 5.75 Å². The third-order valence-corrected chi connectivity index (χ3v) is 5.95. The Morgan fingerprint density at radius 1 is 1.04 bits per heavy atom. The summed E-state index contributed by atoms with van der Waals surface area (Å²) >= 11 is 0. The third-order valence-electron chi connectivity index (χ3n) is 4.63. The van der Waals surface area contributed by atoms with Gasteiger partial charge in [0, 0.05) is 12.2 Å². The van der Waals surface area contributed by atoms with E-state index in [9.17, 15) is 8.42 Å². The number of nitrogens with zero attached hydrogens (tertiary/aromatic N) is 1. The van der Waals surface area contributed by atoms with Crippen LogP contribution in [-0.2, 0) is 15.8 Å². The fraction of sp³-hybridized carbons (Fsp3) is 0.421. The molecule has 0 spiro atoms. The molecule has 0 bridgehead atoms. The highest BCUT2D eigenvalue weighted by atomic mass is 32.2. The lowest BCUT2D eigenvalue weighted by Gasteiger charge is -2.22. The topological polar surface area (TPSA) is 59.1 Å². The van der Waals surface area contributed by atoms with Gasteiger partial charge in [0.15, 0.2) is 0 Å². The molecule has 1 aliphatic rings. The molecule has 1 fully saturated rings. The Hall–Kier alpha value is -1.72. The predicted molar refractivity (Wildman–Crippen MR) is 95.8 cm³/mol. The quantitative estimate of drug-likeness (QED) is 0.830. The Kier molecular flexibility index (Phi) is 5.63. The zero-order valence-electron chi connectivity index (χ0n) is 13.8. The van der Waals surface area contributed by atoms with Gasteiger partial charge in [0.05, 0.1) is 5.69 Å². The summed E-state index contributed by atoms with van der Waals surface area (Å²) < 4.78 is 28.1. The maximum Gasteiger partial charge on any atom is 0.217 e. The van der Waals surface area contributed by atoms with Crippen LogP contribution in [0.1, 0.15) is 49.4 Å². The summed E-state index contributed by atoms with van der Waals surface area (Å²) in [7, 11) is -3.44. The highest BCUT2D eigenvalue weighted by Crippen LogP contribution is 2.33. The second kappa shape index (κ2) is 7.90. The summed E-state index contributed by atoms with van der Waals surface area (Å²) in [5.74, 6) is 0.523. The number of hydrogen-bond donors (Lipinski definition) is 1. The summed E-state index contributed by atoms with van der Waals surface area (Å²) in [4.78, 5) is 4.13. The van der Waals surface area contributed by atoms with Crippen LogP contribution in [0.15, 0.2) is 54.7 Å². The third kappa shape index (κ3) is 4.89. The van der Waals surface area contributed by atoms with Crippen LogP contribution in [0.3, 0.4) is 0 Å². The van der Waals surface area contributed by atoms with Crippen LogP contribution >= 0.6 is 0 Å². The number of hydrogen-bond acceptors (Lipinski definition) is 3. The fourth-order valence-corrected chi connectivity index (χ4v) is 4.76. The van der Waals surface area contributed by atoms with Gasteiger partial charge in [-0.15, -0.1) is 0 Å². The number of benzene rings is 1. The molecule has 1 N–H and O–H groups in total. The molecule has 1 heterocycles. The van der Waals surface area contributed by atoms with E-state index in [1.54, 1.807) is 18.3 Å². The maximum atomic E-state index is 12.6. The van der Waals surface area contributed by atoms with E-state index in [-0.39, 0.29) is 11.8 Å². The highest BCUT2D eigenvalue weighted by molar-refractivity contribution is 7.88. The fourth-order valence-electron chi connectivity index (χ4n) is 3.45. The largest absolute Gasteiger partial charge is 0.260 e. The Balaban J connectivity index is 1.75.